The number of rotatable bonds is 1. The number of carbonyl (C=O) groups is 1. The highest BCUT2D eigenvalue weighted by Crippen LogP contribution is 2.27. The lowest BCUT2D eigenvalue weighted by molar-refractivity contribution is 0.0748. The molecule has 0 unspecified atom stereocenters. The Balaban J connectivity index is 3.28. The first-order chi connectivity index (χ1) is 6.06. The Bertz CT molecular complexity index is 351. The van der Waals surface area contributed by atoms with Gasteiger partial charge >= 0.3 is 5.97 Å². The molecule has 0 radical (unpaired) electrons. The van der Waals surface area contributed by atoms with Crippen molar-refractivity contribution in [3.05, 3.63) is 23.3 Å². The first-order valence-electron chi connectivity index (χ1n) is 3.48. The predicted octanol–water partition coefficient (Wildman–Crippen LogP) is 1.59. The summed E-state index contributed by atoms with van der Waals surface area (Å²) in [6.07, 6.45) is 0. The summed E-state index contributed by atoms with van der Waals surface area (Å²) in [5.41, 5.74) is 6.24. The summed E-state index contributed by atoms with van der Waals surface area (Å²) in [6.45, 7) is 1.74. The minimum absolute atomic E-state index is 0.0347. The first kappa shape index (κ1) is 9.67. The fourth-order valence-corrected chi connectivity index (χ4v) is 1.09. The number of nitrogens with two attached hydrogens (primary N) is 1. The van der Waals surface area contributed by atoms with Crippen molar-refractivity contribution in [1.29, 1.82) is 0 Å². The molecule has 4 nitrogen and oxygen atoms in total. The lowest BCUT2D eigenvalue weighted by Crippen LogP contribution is -2.01. The van der Waals surface area contributed by atoms with Crippen LogP contribution in [0.25, 0.3) is 0 Å². The third-order valence-electron chi connectivity index (χ3n) is 1.57. The zero-order valence-electron chi connectivity index (χ0n) is 6.87. The Morgan fingerprint density at radius 2 is 2.23 bits per heavy atom. The van der Waals surface area contributed by atoms with Crippen molar-refractivity contribution < 1.29 is 14.2 Å². The van der Waals surface area contributed by atoms with Gasteiger partial charge in [0, 0.05) is 0 Å². The molecule has 0 amide bonds. The number of aryl methyl sites for hydroxylation is 1. The summed E-state index contributed by atoms with van der Waals surface area (Å²) < 4.78 is 3.94. The molecule has 1 rings (SSSR count). The summed E-state index contributed by atoms with van der Waals surface area (Å²) in [6, 6.07) is 2.98. The minimum atomic E-state index is -0.824. The molecule has 0 aliphatic heterocycles. The predicted molar refractivity (Wildman–Crippen MR) is 48.5 cm³/mol. The van der Waals surface area contributed by atoms with Crippen LogP contribution in [-0.2, 0) is 4.29 Å². The van der Waals surface area contributed by atoms with Gasteiger partial charge in [-0.3, -0.25) is 0 Å². The zero-order valence-corrected chi connectivity index (χ0v) is 7.63. The van der Waals surface area contributed by atoms with Crippen LogP contribution in [0.2, 0.25) is 0 Å². The van der Waals surface area contributed by atoms with E-state index in [-0.39, 0.29) is 17.0 Å². The van der Waals surface area contributed by atoms with Gasteiger partial charge in [-0.1, -0.05) is 0 Å². The molecule has 1 aromatic carbocycles. The van der Waals surface area contributed by atoms with Crippen LogP contribution >= 0.6 is 11.9 Å². The number of carbonyl (C=O) groups excluding carboxylic acids is 1. The van der Waals surface area contributed by atoms with Crippen LogP contribution in [0.5, 0.6) is 5.75 Å². The second-order valence-corrected chi connectivity index (χ2v) is 2.77. The lowest BCUT2D eigenvalue weighted by atomic mass is 10.1. The minimum Gasteiger partial charge on any atom is -0.505 e. The molecule has 0 aromatic heterocycles. The molecule has 70 valence electrons. The van der Waals surface area contributed by atoms with E-state index in [1.165, 1.54) is 6.07 Å². The van der Waals surface area contributed by atoms with E-state index in [4.69, 9.17) is 17.6 Å². The van der Waals surface area contributed by atoms with Crippen molar-refractivity contribution in [2.75, 3.05) is 5.73 Å². The standard InChI is InChI=1S/C8H8ClNO3/c1-4-2-5(8(12)13-9)7(11)6(10)3-4/h2-3,11H,10H2,1H3. The Labute approximate surface area is 80.0 Å². The molecular weight excluding hydrogens is 194 g/mol. The van der Waals surface area contributed by atoms with Gasteiger partial charge in [0.1, 0.15) is 17.4 Å². The molecule has 0 spiro atoms. The van der Waals surface area contributed by atoms with Gasteiger partial charge in [-0.15, -0.1) is 0 Å². The second kappa shape index (κ2) is 3.53. The Morgan fingerprint density at radius 1 is 1.62 bits per heavy atom. The van der Waals surface area contributed by atoms with Crippen LogP contribution in [0.4, 0.5) is 5.69 Å². The molecule has 0 fully saturated rings. The van der Waals surface area contributed by atoms with E-state index in [9.17, 15) is 9.90 Å². The maximum absolute atomic E-state index is 11.0. The van der Waals surface area contributed by atoms with Crippen LogP contribution < -0.4 is 5.73 Å². The molecule has 0 saturated carbocycles. The first-order valence-corrected chi connectivity index (χ1v) is 3.79. The van der Waals surface area contributed by atoms with Crippen molar-refractivity contribution in [1.82, 2.24) is 0 Å². The van der Waals surface area contributed by atoms with Gasteiger partial charge in [0.05, 0.1) is 5.69 Å². The Morgan fingerprint density at radius 3 is 2.77 bits per heavy atom. The molecule has 0 saturated heterocycles. The molecule has 13 heavy (non-hydrogen) atoms. The third-order valence-corrected chi connectivity index (χ3v) is 1.71. The lowest BCUT2D eigenvalue weighted by Gasteiger charge is -2.05. The number of hydrogen-bond donors (Lipinski definition) is 2. The Hall–Kier alpha value is -1.42. The van der Waals surface area contributed by atoms with Crippen LogP contribution in [0.1, 0.15) is 15.9 Å². The zero-order chi connectivity index (χ0) is 10.0. The van der Waals surface area contributed by atoms with Crippen LogP contribution in [0.15, 0.2) is 12.1 Å². The monoisotopic (exact) mass is 201 g/mol. The molecule has 1 aromatic rings. The number of aromatic hydroxyl groups is 1. The van der Waals surface area contributed by atoms with E-state index in [1.807, 2.05) is 0 Å². The summed E-state index contributed by atoms with van der Waals surface area (Å²) in [5.74, 6) is -1.13. The summed E-state index contributed by atoms with van der Waals surface area (Å²) in [5, 5.41) is 9.34. The smallest absolute Gasteiger partial charge is 0.360 e. The van der Waals surface area contributed by atoms with Gasteiger partial charge in [-0.2, -0.15) is 0 Å². The van der Waals surface area contributed by atoms with Crippen LogP contribution in [0.3, 0.4) is 0 Å². The maximum Gasteiger partial charge on any atom is 0.360 e. The highest BCUT2D eigenvalue weighted by molar-refractivity contribution is 6.16. The summed E-state index contributed by atoms with van der Waals surface area (Å²) in [4.78, 5) is 11.0. The average molecular weight is 202 g/mol. The highest BCUT2D eigenvalue weighted by atomic mass is 35.5. The summed E-state index contributed by atoms with van der Waals surface area (Å²) in [7, 11) is 0. The number of nitrogen functional groups attached to an aromatic ring is 1. The molecule has 0 aliphatic rings. The fraction of sp³-hybridized carbons (Fsp3) is 0.125. The number of phenols is 1. The largest absolute Gasteiger partial charge is 0.505 e. The van der Waals surface area contributed by atoms with Gasteiger partial charge in [0.15, 0.2) is 5.75 Å². The highest BCUT2D eigenvalue weighted by Gasteiger charge is 2.15. The van der Waals surface area contributed by atoms with Gasteiger partial charge in [0.2, 0.25) is 0 Å². The van der Waals surface area contributed by atoms with Crippen LogP contribution in [-0.4, -0.2) is 11.1 Å². The van der Waals surface area contributed by atoms with E-state index >= 15 is 0 Å². The van der Waals surface area contributed by atoms with Crippen molar-refractivity contribution in [3.8, 4) is 5.75 Å². The number of hydrogen-bond acceptors (Lipinski definition) is 4. The van der Waals surface area contributed by atoms with Gasteiger partial charge < -0.3 is 15.1 Å². The number of benzene rings is 1. The second-order valence-electron chi connectivity index (χ2n) is 2.61. The van der Waals surface area contributed by atoms with Crippen molar-refractivity contribution >= 4 is 23.5 Å². The van der Waals surface area contributed by atoms with Crippen molar-refractivity contribution in [2.24, 2.45) is 0 Å². The van der Waals surface area contributed by atoms with E-state index in [2.05, 4.69) is 4.29 Å². The number of phenolic OH excluding ortho intramolecular Hbond substituents is 1. The van der Waals surface area contributed by atoms with Crippen molar-refractivity contribution in [3.63, 3.8) is 0 Å². The van der Waals surface area contributed by atoms with E-state index in [0.29, 0.717) is 0 Å². The third kappa shape index (κ3) is 1.84. The van der Waals surface area contributed by atoms with Crippen molar-refractivity contribution in [2.45, 2.75) is 6.92 Å². The molecule has 0 heterocycles. The normalized spacial score (nSPS) is 9.69. The number of halogens is 1. The maximum atomic E-state index is 11.0. The van der Waals surface area contributed by atoms with E-state index in [1.54, 1.807) is 13.0 Å². The molecular formula is C8H8ClNO3. The van der Waals surface area contributed by atoms with E-state index < -0.39 is 5.97 Å². The van der Waals surface area contributed by atoms with Gasteiger partial charge in [0.25, 0.3) is 0 Å². The van der Waals surface area contributed by atoms with Crippen LogP contribution in [0, 0.1) is 6.92 Å². The molecule has 0 atom stereocenters. The fourth-order valence-electron chi connectivity index (χ4n) is 1.00. The van der Waals surface area contributed by atoms with Gasteiger partial charge in [-0.25, -0.2) is 4.79 Å². The Kier molecular flexibility index (Phi) is 2.63. The topological polar surface area (TPSA) is 72.5 Å². The number of anilines is 1. The van der Waals surface area contributed by atoms with E-state index in [0.717, 1.165) is 5.56 Å². The summed E-state index contributed by atoms with van der Waals surface area (Å²) >= 11 is 4.86. The average Bonchev–Trinajstić information content (AvgIpc) is 2.10. The van der Waals surface area contributed by atoms with Gasteiger partial charge in [-0.05, 0) is 24.6 Å². The molecule has 0 bridgehead atoms. The SMILES string of the molecule is Cc1cc(N)c(O)c(C(=O)OCl)c1. The molecule has 3 N–H and O–H groups in total. The molecule has 5 heteroatoms. The molecule has 0 aliphatic carbocycles. The quantitative estimate of drug-likeness (QED) is 0.535.